The van der Waals surface area contributed by atoms with Crippen LogP contribution in [0.2, 0.25) is 5.02 Å². The minimum absolute atomic E-state index is 0.302. The van der Waals surface area contributed by atoms with Gasteiger partial charge in [0.15, 0.2) is 0 Å². The van der Waals surface area contributed by atoms with E-state index in [0.717, 1.165) is 53.2 Å². The Balaban J connectivity index is 1.31. The number of nitrogens with zero attached hydrogens (tertiary/aromatic N) is 5. The van der Waals surface area contributed by atoms with Crippen LogP contribution in [0.15, 0.2) is 48.8 Å². The summed E-state index contributed by atoms with van der Waals surface area (Å²) in [5.41, 5.74) is 3.44. The van der Waals surface area contributed by atoms with Crippen molar-refractivity contribution in [1.82, 2.24) is 20.0 Å². The highest BCUT2D eigenvalue weighted by Gasteiger charge is 2.37. The van der Waals surface area contributed by atoms with E-state index in [1.165, 1.54) is 37.8 Å². The minimum atomic E-state index is -0.825. The zero-order valence-corrected chi connectivity index (χ0v) is 23.1. The summed E-state index contributed by atoms with van der Waals surface area (Å²) >= 11 is 6.84. The van der Waals surface area contributed by atoms with E-state index in [0.29, 0.717) is 34.1 Å². The van der Waals surface area contributed by atoms with Crippen LogP contribution in [0.4, 0.5) is 15.8 Å². The van der Waals surface area contributed by atoms with Crippen LogP contribution in [-0.2, 0) is 5.44 Å². The molecule has 4 saturated carbocycles. The van der Waals surface area contributed by atoms with Gasteiger partial charge in [0.25, 0.3) is 0 Å². The molecule has 10 heteroatoms. The van der Waals surface area contributed by atoms with Gasteiger partial charge in [0.05, 0.1) is 39.5 Å². The molecular formula is C30H30BClFN7. The SMILES string of the molecule is BC(Nc1cc(Cl)c2ncc(C#N)c(NC3CC4CCC3CC4)c2c1)(c1ccc(F)cc1)c1cn(C2CC2)nn1. The van der Waals surface area contributed by atoms with Gasteiger partial charge in [-0.25, -0.2) is 9.07 Å². The van der Waals surface area contributed by atoms with Gasteiger partial charge in [0.1, 0.15) is 25.4 Å². The third-order valence-corrected chi connectivity index (χ3v) is 9.47. The fourth-order valence-corrected chi connectivity index (χ4v) is 6.96. The lowest BCUT2D eigenvalue weighted by Gasteiger charge is -2.43. The second kappa shape index (κ2) is 9.77. The molecule has 0 saturated heterocycles. The highest BCUT2D eigenvalue weighted by molar-refractivity contribution is 6.36. The van der Waals surface area contributed by atoms with E-state index >= 15 is 0 Å². The van der Waals surface area contributed by atoms with Gasteiger partial charge in [-0.2, -0.15) is 5.26 Å². The van der Waals surface area contributed by atoms with E-state index in [-0.39, 0.29) is 5.82 Å². The number of aromatic nitrogens is 4. The molecule has 2 aromatic carbocycles. The van der Waals surface area contributed by atoms with Crippen molar-refractivity contribution < 1.29 is 4.39 Å². The zero-order chi connectivity index (χ0) is 27.4. The van der Waals surface area contributed by atoms with Gasteiger partial charge in [-0.1, -0.05) is 41.8 Å². The highest BCUT2D eigenvalue weighted by atomic mass is 35.5. The average molecular weight is 554 g/mol. The topological polar surface area (TPSA) is 91.5 Å². The smallest absolute Gasteiger partial charge is 0.148 e. The first-order chi connectivity index (χ1) is 19.4. The molecule has 4 aromatic rings. The third kappa shape index (κ3) is 4.48. The van der Waals surface area contributed by atoms with Crippen LogP contribution in [0.5, 0.6) is 0 Å². The van der Waals surface area contributed by atoms with E-state index in [2.05, 4.69) is 32.0 Å². The van der Waals surface area contributed by atoms with Gasteiger partial charge in [0.2, 0.25) is 0 Å². The Morgan fingerprint density at radius 3 is 2.55 bits per heavy atom. The predicted octanol–water partition coefficient (Wildman–Crippen LogP) is 5.76. The van der Waals surface area contributed by atoms with Gasteiger partial charge in [-0.3, -0.25) is 4.98 Å². The standard InChI is InChI=1S/C30H30BClFN7/c31-30(20-5-7-21(33)8-6-20,27-16-40(39-38-27)23-9-10-23)37-22-12-24-28(19(14-34)15-35-29(24)25(32)13-22)36-26-11-17-1-3-18(26)4-2-17/h5-8,12-13,15-18,23,26,37H,1-4,9-11,31H2,(H,35,36). The number of nitrogens with one attached hydrogen (secondary N) is 2. The van der Waals surface area contributed by atoms with Crippen LogP contribution in [0.1, 0.15) is 67.8 Å². The van der Waals surface area contributed by atoms with Crippen molar-refractivity contribution in [2.45, 2.75) is 62.5 Å². The van der Waals surface area contributed by atoms with E-state index in [1.54, 1.807) is 18.3 Å². The lowest BCUT2D eigenvalue weighted by Crippen LogP contribution is -2.40. The summed E-state index contributed by atoms with van der Waals surface area (Å²) in [4.78, 5) is 4.56. The fraction of sp³-hybridized carbons (Fsp3) is 0.400. The van der Waals surface area contributed by atoms with Crippen LogP contribution in [0.3, 0.4) is 0 Å². The van der Waals surface area contributed by atoms with Crippen molar-refractivity contribution in [3.05, 3.63) is 76.5 Å². The Kier molecular flexibility index (Phi) is 6.19. The molecule has 2 aromatic heterocycles. The molecule has 2 atom stereocenters. The first-order valence-corrected chi connectivity index (χ1v) is 14.5. The summed E-state index contributed by atoms with van der Waals surface area (Å²) in [5, 5.41) is 27.6. The van der Waals surface area contributed by atoms with E-state index in [4.69, 9.17) is 11.6 Å². The lowest BCUT2D eigenvalue weighted by molar-refractivity contribution is 0.158. The van der Waals surface area contributed by atoms with Gasteiger partial charge in [-0.05, 0) is 73.8 Å². The molecule has 8 rings (SSSR count). The number of nitriles is 1. The predicted molar refractivity (Wildman–Crippen MR) is 157 cm³/mol. The number of benzene rings is 2. The molecule has 2 heterocycles. The molecule has 0 amide bonds. The number of rotatable bonds is 7. The maximum absolute atomic E-state index is 13.9. The van der Waals surface area contributed by atoms with E-state index in [1.807, 2.05) is 30.9 Å². The molecule has 0 radical (unpaired) electrons. The molecule has 2 N–H and O–H groups in total. The van der Waals surface area contributed by atoms with E-state index in [9.17, 15) is 9.65 Å². The zero-order valence-electron chi connectivity index (χ0n) is 22.4. The monoisotopic (exact) mass is 553 g/mol. The molecule has 40 heavy (non-hydrogen) atoms. The molecule has 7 nitrogen and oxygen atoms in total. The maximum atomic E-state index is 13.9. The lowest BCUT2D eigenvalue weighted by atomic mass is 9.68. The molecule has 4 fully saturated rings. The molecule has 4 aliphatic carbocycles. The summed E-state index contributed by atoms with van der Waals surface area (Å²) in [6, 6.07) is 13.4. The Morgan fingerprint density at radius 1 is 1.10 bits per heavy atom. The molecule has 0 spiro atoms. The van der Waals surface area contributed by atoms with Crippen molar-refractivity contribution in [2.24, 2.45) is 11.8 Å². The van der Waals surface area contributed by atoms with Crippen LogP contribution in [0, 0.1) is 29.0 Å². The molecule has 202 valence electrons. The average Bonchev–Trinajstić information content (AvgIpc) is 3.70. The van der Waals surface area contributed by atoms with Crippen molar-refractivity contribution in [1.29, 1.82) is 5.26 Å². The second-order valence-electron chi connectivity index (χ2n) is 11.9. The van der Waals surface area contributed by atoms with Gasteiger partial charge in [-0.15, -0.1) is 5.10 Å². The number of pyridine rings is 1. The Hall–Kier alpha value is -3.64. The molecule has 0 aliphatic heterocycles. The Labute approximate surface area is 238 Å². The highest BCUT2D eigenvalue weighted by Crippen LogP contribution is 2.44. The summed E-state index contributed by atoms with van der Waals surface area (Å²) in [7, 11) is 2.02. The third-order valence-electron chi connectivity index (χ3n) is 9.18. The Morgan fingerprint density at radius 2 is 1.88 bits per heavy atom. The number of fused-ring (bicyclic) bond motifs is 4. The number of anilines is 2. The molecule has 2 unspecified atom stereocenters. The second-order valence-corrected chi connectivity index (χ2v) is 12.3. The molecular weight excluding hydrogens is 524 g/mol. The van der Waals surface area contributed by atoms with Crippen LogP contribution in [0.25, 0.3) is 10.9 Å². The van der Waals surface area contributed by atoms with Gasteiger partial charge < -0.3 is 10.6 Å². The first kappa shape index (κ1) is 25.3. The Bertz CT molecular complexity index is 1620. The normalized spacial score (nSPS) is 23.5. The van der Waals surface area contributed by atoms with Crippen molar-refractivity contribution in [3.63, 3.8) is 0 Å². The molecule has 2 bridgehead atoms. The maximum Gasteiger partial charge on any atom is 0.148 e. The van der Waals surface area contributed by atoms with Gasteiger partial charge in [0, 0.05) is 23.3 Å². The summed E-state index contributed by atoms with van der Waals surface area (Å²) in [6.45, 7) is 0. The first-order valence-electron chi connectivity index (χ1n) is 14.2. The van der Waals surface area contributed by atoms with Crippen molar-refractivity contribution >= 4 is 41.7 Å². The largest absolute Gasteiger partial charge is 0.380 e. The molecule has 4 aliphatic rings. The summed E-state index contributed by atoms with van der Waals surface area (Å²) in [5.74, 6) is 1.07. The van der Waals surface area contributed by atoms with E-state index < -0.39 is 5.44 Å². The number of hydrogen-bond acceptors (Lipinski definition) is 6. The van der Waals surface area contributed by atoms with Crippen LogP contribution in [-0.4, -0.2) is 33.9 Å². The fourth-order valence-electron chi connectivity index (χ4n) is 6.69. The summed E-state index contributed by atoms with van der Waals surface area (Å²) < 4.78 is 15.8. The van der Waals surface area contributed by atoms with Crippen LogP contribution >= 0.6 is 11.6 Å². The number of halogens is 2. The summed E-state index contributed by atoms with van der Waals surface area (Å²) in [6.07, 6.45) is 12.0. The van der Waals surface area contributed by atoms with Crippen molar-refractivity contribution in [3.8, 4) is 6.07 Å². The van der Waals surface area contributed by atoms with Crippen molar-refractivity contribution in [2.75, 3.05) is 10.6 Å². The number of hydrogen-bond donors (Lipinski definition) is 2. The quantitative estimate of drug-likeness (QED) is 0.283. The minimum Gasteiger partial charge on any atom is -0.380 e. The van der Waals surface area contributed by atoms with Crippen LogP contribution < -0.4 is 10.6 Å². The van der Waals surface area contributed by atoms with Gasteiger partial charge >= 0.3 is 0 Å².